The molecule has 0 bridgehead atoms. The molecule has 2 aliphatic heterocycles. The number of carbonyl (C=O) groups excluding carboxylic acids is 2. The minimum atomic E-state index is -0.446. The van der Waals surface area contributed by atoms with E-state index in [2.05, 4.69) is 21.2 Å². The Labute approximate surface area is 173 Å². The quantitative estimate of drug-likeness (QED) is 0.720. The Morgan fingerprint density at radius 2 is 2.07 bits per heavy atom. The summed E-state index contributed by atoms with van der Waals surface area (Å²) in [6.45, 7) is 4.37. The summed E-state index contributed by atoms with van der Waals surface area (Å²) in [6.07, 6.45) is 1.51. The number of hydrogen-bond acceptors (Lipinski definition) is 6. The van der Waals surface area contributed by atoms with Crippen molar-refractivity contribution in [3.8, 4) is 11.1 Å². The lowest BCUT2D eigenvalue weighted by molar-refractivity contribution is 0.1000. The van der Waals surface area contributed by atoms with Crippen LogP contribution in [0.25, 0.3) is 21.9 Å². The fraction of sp³-hybridized carbons (Fsp3) is 0.273. The van der Waals surface area contributed by atoms with Crippen LogP contribution >= 0.6 is 0 Å². The highest BCUT2D eigenvalue weighted by molar-refractivity contribution is 5.97. The van der Waals surface area contributed by atoms with E-state index < -0.39 is 5.91 Å². The zero-order chi connectivity index (χ0) is 20.8. The summed E-state index contributed by atoms with van der Waals surface area (Å²) in [5, 5.41) is 10.6. The highest BCUT2D eigenvalue weighted by Gasteiger charge is 2.38. The monoisotopic (exact) mass is 403 g/mol. The summed E-state index contributed by atoms with van der Waals surface area (Å²) in [4.78, 5) is 27.3. The smallest absolute Gasteiger partial charge is 0.410 e. The molecule has 1 aromatic heterocycles. The van der Waals surface area contributed by atoms with Gasteiger partial charge < -0.3 is 15.4 Å². The van der Waals surface area contributed by atoms with Crippen molar-refractivity contribution in [1.29, 1.82) is 0 Å². The molecule has 3 aromatic rings. The van der Waals surface area contributed by atoms with Gasteiger partial charge in [-0.05, 0) is 47.9 Å². The number of benzene rings is 2. The van der Waals surface area contributed by atoms with Crippen LogP contribution in [0.5, 0.6) is 0 Å². The Hall–Kier alpha value is -3.68. The molecular formula is C22H21N5O3. The van der Waals surface area contributed by atoms with Crippen molar-refractivity contribution in [2.45, 2.75) is 13.0 Å². The van der Waals surface area contributed by atoms with Gasteiger partial charge in [0.2, 0.25) is 5.91 Å². The van der Waals surface area contributed by atoms with Gasteiger partial charge >= 0.3 is 6.09 Å². The second-order valence-corrected chi connectivity index (χ2v) is 7.73. The van der Waals surface area contributed by atoms with Crippen LogP contribution in [0.2, 0.25) is 0 Å². The van der Waals surface area contributed by atoms with E-state index in [-0.39, 0.29) is 12.1 Å². The number of aromatic nitrogens is 2. The van der Waals surface area contributed by atoms with E-state index in [4.69, 9.17) is 10.5 Å². The predicted octanol–water partition coefficient (Wildman–Crippen LogP) is 2.34. The van der Waals surface area contributed by atoms with Crippen LogP contribution in [0.3, 0.4) is 0 Å². The molecule has 152 valence electrons. The van der Waals surface area contributed by atoms with E-state index in [0.717, 1.165) is 33.3 Å². The van der Waals surface area contributed by atoms with Gasteiger partial charge in [-0.15, -0.1) is 5.10 Å². The van der Waals surface area contributed by atoms with Crippen molar-refractivity contribution in [1.82, 2.24) is 15.1 Å². The average molecular weight is 403 g/mol. The summed E-state index contributed by atoms with van der Waals surface area (Å²) < 4.78 is 5.17. The number of primary amides is 1. The van der Waals surface area contributed by atoms with Gasteiger partial charge in [0.25, 0.3) is 0 Å². The van der Waals surface area contributed by atoms with Crippen molar-refractivity contribution < 1.29 is 14.3 Å². The summed E-state index contributed by atoms with van der Waals surface area (Å²) in [7, 11) is 0. The van der Waals surface area contributed by atoms with Crippen LogP contribution in [0.4, 0.5) is 10.6 Å². The normalized spacial score (nSPS) is 18.4. The first-order valence-corrected chi connectivity index (χ1v) is 9.86. The molecule has 8 nitrogen and oxygen atoms in total. The predicted molar refractivity (Wildman–Crippen MR) is 112 cm³/mol. The molecule has 8 heteroatoms. The maximum Gasteiger partial charge on any atom is 0.410 e. The van der Waals surface area contributed by atoms with Crippen LogP contribution in [-0.4, -0.2) is 59.4 Å². The summed E-state index contributed by atoms with van der Waals surface area (Å²) in [5.74, 6) is 0.361. The number of nitrogens with two attached hydrogens (primary N) is 1. The first-order chi connectivity index (χ1) is 14.5. The minimum absolute atomic E-state index is 0.0433. The number of piperazine rings is 1. The lowest BCUT2D eigenvalue weighted by Gasteiger charge is -2.36. The summed E-state index contributed by atoms with van der Waals surface area (Å²) in [6, 6.07) is 11.6. The second kappa shape index (κ2) is 6.98. The molecule has 2 saturated heterocycles. The molecule has 0 spiro atoms. The number of ether oxygens (including phenoxy) is 1. The third-order valence-corrected chi connectivity index (χ3v) is 5.89. The zero-order valence-electron chi connectivity index (χ0n) is 16.5. The van der Waals surface area contributed by atoms with Crippen molar-refractivity contribution >= 4 is 28.6 Å². The van der Waals surface area contributed by atoms with Crippen LogP contribution < -0.4 is 10.6 Å². The third kappa shape index (κ3) is 3.01. The molecular weight excluding hydrogens is 382 g/mol. The molecule has 0 radical (unpaired) electrons. The first kappa shape index (κ1) is 18.4. The molecule has 2 amide bonds. The van der Waals surface area contributed by atoms with Gasteiger partial charge in [0.05, 0.1) is 12.2 Å². The third-order valence-electron chi connectivity index (χ3n) is 5.89. The number of carbonyl (C=O) groups is 2. The fourth-order valence-corrected chi connectivity index (χ4v) is 4.24. The molecule has 0 saturated carbocycles. The highest BCUT2D eigenvalue weighted by Crippen LogP contribution is 2.32. The Morgan fingerprint density at radius 3 is 2.90 bits per heavy atom. The average Bonchev–Trinajstić information content (AvgIpc) is 3.13. The number of rotatable bonds is 3. The van der Waals surface area contributed by atoms with Gasteiger partial charge in [0, 0.05) is 36.0 Å². The summed E-state index contributed by atoms with van der Waals surface area (Å²) >= 11 is 0. The van der Waals surface area contributed by atoms with Crippen molar-refractivity contribution in [3.63, 3.8) is 0 Å². The van der Waals surface area contributed by atoms with E-state index in [9.17, 15) is 9.59 Å². The van der Waals surface area contributed by atoms with Crippen LogP contribution in [-0.2, 0) is 4.74 Å². The lowest BCUT2D eigenvalue weighted by atomic mass is 9.96. The number of fused-ring (bicyclic) bond motifs is 2. The molecule has 0 unspecified atom stereocenters. The summed E-state index contributed by atoms with van der Waals surface area (Å²) in [5.41, 5.74) is 8.94. The molecule has 2 aliphatic rings. The second-order valence-electron chi connectivity index (χ2n) is 7.73. The van der Waals surface area contributed by atoms with Crippen molar-refractivity contribution in [2.75, 3.05) is 31.1 Å². The molecule has 2 aromatic carbocycles. The maximum absolute atomic E-state index is 11.8. The molecule has 1 atom stereocenters. The van der Waals surface area contributed by atoms with E-state index in [1.807, 2.05) is 31.2 Å². The van der Waals surface area contributed by atoms with E-state index in [0.29, 0.717) is 31.8 Å². The Balaban J connectivity index is 1.51. The van der Waals surface area contributed by atoms with E-state index in [1.165, 1.54) is 0 Å². The minimum Gasteiger partial charge on any atom is -0.447 e. The van der Waals surface area contributed by atoms with Crippen LogP contribution in [0.1, 0.15) is 15.9 Å². The van der Waals surface area contributed by atoms with E-state index >= 15 is 0 Å². The number of cyclic esters (lactones) is 1. The van der Waals surface area contributed by atoms with Gasteiger partial charge in [-0.1, -0.05) is 12.1 Å². The largest absolute Gasteiger partial charge is 0.447 e. The van der Waals surface area contributed by atoms with Gasteiger partial charge in [-0.3, -0.25) is 9.69 Å². The Bertz CT molecular complexity index is 1180. The molecule has 2 N–H and O–H groups in total. The number of nitrogens with zero attached hydrogens (tertiary/aromatic N) is 4. The molecule has 0 aliphatic carbocycles. The van der Waals surface area contributed by atoms with Gasteiger partial charge in [0.15, 0.2) is 5.82 Å². The van der Waals surface area contributed by atoms with Crippen LogP contribution in [0, 0.1) is 6.92 Å². The Kier molecular flexibility index (Phi) is 4.27. The van der Waals surface area contributed by atoms with E-state index in [1.54, 1.807) is 17.2 Å². The highest BCUT2D eigenvalue weighted by atomic mass is 16.6. The molecule has 5 rings (SSSR count). The fourth-order valence-electron chi connectivity index (χ4n) is 4.24. The molecule has 30 heavy (non-hydrogen) atoms. The van der Waals surface area contributed by atoms with Crippen molar-refractivity contribution in [2.24, 2.45) is 5.73 Å². The number of aryl methyl sites for hydroxylation is 1. The molecule has 2 fully saturated rings. The SMILES string of the molecule is Cc1ccc(C(N)=O)cc1-c1ccc2c(N3CCN4C(=O)OC[C@@H]4C3)nncc2c1. The number of hydrogen-bond donors (Lipinski definition) is 1. The first-order valence-electron chi connectivity index (χ1n) is 9.86. The maximum atomic E-state index is 11.8. The lowest BCUT2D eigenvalue weighted by Crippen LogP contribution is -2.52. The number of anilines is 1. The molecule has 3 heterocycles. The van der Waals surface area contributed by atoms with Crippen LogP contribution in [0.15, 0.2) is 42.6 Å². The Morgan fingerprint density at radius 1 is 1.20 bits per heavy atom. The number of amides is 2. The van der Waals surface area contributed by atoms with Crippen molar-refractivity contribution in [3.05, 3.63) is 53.7 Å². The van der Waals surface area contributed by atoms with Gasteiger partial charge in [-0.25, -0.2) is 4.79 Å². The standard InChI is InChI=1S/C22H21N5O3/c1-13-2-3-15(20(23)28)9-19(13)14-4-5-18-16(8-14)10-24-25-21(18)26-6-7-27-17(11-26)12-30-22(27)29/h2-5,8-10,17H,6-7,11-12H2,1H3,(H2,23,28)/t17-/m0/s1. The zero-order valence-corrected chi connectivity index (χ0v) is 16.5. The van der Waals surface area contributed by atoms with Gasteiger partial charge in [-0.2, -0.15) is 5.10 Å². The van der Waals surface area contributed by atoms with Gasteiger partial charge in [0.1, 0.15) is 6.61 Å². The topological polar surface area (TPSA) is 102 Å².